The second-order valence-electron chi connectivity index (χ2n) is 4.74. The van der Waals surface area contributed by atoms with Crippen LogP contribution in [0.15, 0.2) is 79.6 Å². The van der Waals surface area contributed by atoms with Gasteiger partial charge in [0.1, 0.15) is 0 Å². The minimum absolute atomic E-state index is 0.312. The monoisotopic (exact) mass is 390 g/mol. The lowest BCUT2D eigenvalue weighted by Crippen LogP contribution is -1.93. The molecular formula is C24H35ClO2. The number of esters is 1. The van der Waals surface area contributed by atoms with Gasteiger partial charge in [-0.25, -0.2) is 0 Å². The zero-order valence-electron chi connectivity index (χ0n) is 17.9. The fraction of sp³-hybridized carbons (Fsp3) is 0.292. The molecule has 2 aromatic rings. The predicted molar refractivity (Wildman–Crippen MR) is 122 cm³/mol. The quantitative estimate of drug-likeness (QED) is 0.381. The minimum Gasteiger partial charge on any atom is -0.432 e. The standard InChI is InChI=1S/C9H10.C6H5Cl.C5H8O2.2C2H6/c1-8(2)9-6-4-3-5-7-9;7-6-4-2-1-3-5-6;1-4(2)7-5(3)6;2*1-2/h3-7H,1H2,2H3;1-5H;1H2,2-3H3;2*1-2H3. The SMILES string of the molecule is C=C(C)OC(C)=O.C=C(C)c1ccccc1.CC.CC.Clc1ccccc1. The summed E-state index contributed by atoms with van der Waals surface area (Å²) in [5, 5.41) is 0.794. The third-order valence-corrected chi connectivity index (χ3v) is 2.57. The number of allylic oxidation sites excluding steroid dienone is 2. The Labute approximate surface area is 171 Å². The van der Waals surface area contributed by atoms with Crippen molar-refractivity contribution in [3.63, 3.8) is 0 Å². The van der Waals surface area contributed by atoms with Crippen molar-refractivity contribution in [3.05, 3.63) is 90.2 Å². The van der Waals surface area contributed by atoms with Crippen LogP contribution in [0, 0.1) is 0 Å². The molecule has 150 valence electrons. The molecule has 2 rings (SSSR count). The van der Waals surface area contributed by atoms with Crippen LogP contribution in [0.3, 0.4) is 0 Å². The van der Waals surface area contributed by atoms with E-state index in [1.165, 1.54) is 12.5 Å². The smallest absolute Gasteiger partial charge is 0.307 e. The molecular weight excluding hydrogens is 356 g/mol. The second kappa shape index (κ2) is 21.7. The summed E-state index contributed by atoms with van der Waals surface area (Å²) in [4.78, 5) is 9.97. The predicted octanol–water partition coefficient (Wildman–Crippen LogP) is 8.20. The molecule has 2 nitrogen and oxygen atoms in total. The maximum absolute atomic E-state index is 9.97. The highest BCUT2D eigenvalue weighted by molar-refractivity contribution is 6.30. The number of benzene rings is 2. The summed E-state index contributed by atoms with van der Waals surface area (Å²) in [5.74, 6) is 0.125. The fourth-order valence-corrected chi connectivity index (χ4v) is 1.53. The van der Waals surface area contributed by atoms with Crippen LogP contribution >= 0.6 is 11.6 Å². The van der Waals surface area contributed by atoms with Gasteiger partial charge in [-0.05, 0) is 31.5 Å². The normalized spacial score (nSPS) is 7.70. The molecule has 0 aromatic heterocycles. The van der Waals surface area contributed by atoms with Gasteiger partial charge in [0.2, 0.25) is 0 Å². The van der Waals surface area contributed by atoms with Gasteiger partial charge in [0.05, 0.1) is 5.76 Å². The van der Waals surface area contributed by atoms with Gasteiger partial charge in [0.15, 0.2) is 0 Å². The molecule has 0 N–H and O–H groups in total. The molecule has 0 spiro atoms. The van der Waals surface area contributed by atoms with Gasteiger partial charge in [-0.1, -0.05) is 107 Å². The largest absolute Gasteiger partial charge is 0.432 e. The Morgan fingerprint density at radius 1 is 0.778 bits per heavy atom. The first kappa shape index (κ1) is 29.4. The van der Waals surface area contributed by atoms with Gasteiger partial charge in [-0.15, -0.1) is 0 Å². The number of carbonyl (C=O) groups excluding carboxylic acids is 1. The summed E-state index contributed by atoms with van der Waals surface area (Å²) < 4.78 is 4.42. The van der Waals surface area contributed by atoms with E-state index in [9.17, 15) is 4.79 Å². The van der Waals surface area contributed by atoms with Crippen molar-refractivity contribution >= 4 is 23.1 Å². The molecule has 0 saturated carbocycles. The van der Waals surface area contributed by atoms with Crippen LogP contribution in [0.25, 0.3) is 5.57 Å². The Bertz CT molecular complexity index is 593. The zero-order valence-corrected chi connectivity index (χ0v) is 18.6. The molecule has 0 bridgehead atoms. The molecule has 0 aliphatic rings. The highest BCUT2D eigenvalue weighted by Crippen LogP contribution is 2.08. The van der Waals surface area contributed by atoms with E-state index in [1.807, 2.05) is 83.1 Å². The van der Waals surface area contributed by atoms with Gasteiger partial charge in [-0.2, -0.15) is 0 Å². The Kier molecular flexibility index (Phi) is 23.7. The number of halogens is 1. The van der Waals surface area contributed by atoms with E-state index in [-0.39, 0.29) is 5.97 Å². The molecule has 0 heterocycles. The Morgan fingerprint density at radius 2 is 1.15 bits per heavy atom. The van der Waals surface area contributed by atoms with Crippen molar-refractivity contribution in [1.82, 2.24) is 0 Å². The van der Waals surface area contributed by atoms with Gasteiger partial charge < -0.3 is 4.74 Å². The average molecular weight is 391 g/mol. The molecule has 2 aromatic carbocycles. The highest BCUT2D eigenvalue weighted by Gasteiger charge is 1.88. The zero-order chi connectivity index (χ0) is 21.7. The van der Waals surface area contributed by atoms with Crippen molar-refractivity contribution < 1.29 is 9.53 Å². The van der Waals surface area contributed by atoms with Gasteiger partial charge in [0.25, 0.3) is 0 Å². The number of ether oxygens (including phenoxy) is 1. The lowest BCUT2D eigenvalue weighted by molar-refractivity contribution is -0.136. The fourth-order valence-electron chi connectivity index (χ4n) is 1.38. The number of rotatable bonds is 2. The lowest BCUT2D eigenvalue weighted by atomic mass is 10.1. The second-order valence-corrected chi connectivity index (χ2v) is 5.17. The van der Waals surface area contributed by atoms with E-state index in [2.05, 4.69) is 30.0 Å². The third-order valence-electron chi connectivity index (χ3n) is 2.32. The highest BCUT2D eigenvalue weighted by atomic mass is 35.5. The first-order valence-corrected chi connectivity index (χ1v) is 9.46. The summed E-state index contributed by atoms with van der Waals surface area (Å²) in [5.41, 5.74) is 2.34. The first-order chi connectivity index (χ1) is 12.8. The molecule has 0 unspecified atom stereocenters. The maximum Gasteiger partial charge on any atom is 0.307 e. The lowest BCUT2D eigenvalue weighted by Gasteiger charge is -1.94. The van der Waals surface area contributed by atoms with Crippen molar-refractivity contribution in [3.8, 4) is 0 Å². The molecule has 0 amide bonds. The summed E-state index contributed by atoms with van der Waals surface area (Å²) in [7, 11) is 0. The topological polar surface area (TPSA) is 26.3 Å². The van der Waals surface area contributed by atoms with E-state index >= 15 is 0 Å². The Balaban J connectivity index is -0.000000295. The summed E-state index contributed by atoms with van der Waals surface area (Å²) in [6.45, 7) is 20.2. The van der Waals surface area contributed by atoms with Crippen LogP contribution in [0.1, 0.15) is 54.0 Å². The van der Waals surface area contributed by atoms with Crippen molar-refractivity contribution in [2.75, 3.05) is 0 Å². The van der Waals surface area contributed by atoms with Crippen LogP contribution < -0.4 is 0 Å². The molecule has 0 saturated heterocycles. The first-order valence-electron chi connectivity index (χ1n) is 9.08. The maximum atomic E-state index is 9.97. The van der Waals surface area contributed by atoms with Gasteiger partial charge in [-0.3, -0.25) is 4.79 Å². The van der Waals surface area contributed by atoms with Crippen LogP contribution in [0.5, 0.6) is 0 Å². The van der Waals surface area contributed by atoms with Crippen molar-refractivity contribution in [2.24, 2.45) is 0 Å². The van der Waals surface area contributed by atoms with Crippen molar-refractivity contribution in [1.29, 1.82) is 0 Å². The Hall–Kier alpha value is -2.32. The van der Waals surface area contributed by atoms with Crippen LogP contribution in [0.4, 0.5) is 0 Å². The number of carbonyl (C=O) groups is 1. The molecule has 0 aliphatic heterocycles. The van der Waals surface area contributed by atoms with E-state index in [4.69, 9.17) is 11.6 Å². The minimum atomic E-state index is -0.312. The molecule has 3 heteroatoms. The van der Waals surface area contributed by atoms with E-state index < -0.39 is 0 Å². The Morgan fingerprint density at radius 3 is 1.30 bits per heavy atom. The van der Waals surface area contributed by atoms with Crippen LogP contribution in [-0.4, -0.2) is 5.97 Å². The molecule has 27 heavy (non-hydrogen) atoms. The van der Waals surface area contributed by atoms with Crippen molar-refractivity contribution in [2.45, 2.75) is 48.5 Å². The van der Waals surface area contributed by atoms with Gasteiger partial charge in [0, 0.05) is 11.9 Å². The van der Waals surface area contributed by atoms with E-state index in [1.54, 1.807) is 6.92 Å². The summed E-state index contributed by atoms with van der Waals surface area (Å²) in [6.07, 6.45) is 0. The van der Waals surface area contributed by atoms with Crippen LogP contribution in [0.2, 0.25) is 5.02 Å². The molecule has 0 aliphatic carbocycles. The van der Waals surface area contributed by atoms with Gasteiger partial charge >= 0.3 is 5.97 Å². The third kappa shape index (κ3) is 23.7. The number of hydrogen-bond acceptors (Lipinski definition) is 2. The van der Waals surface area contributed by atoms with E-state index in [0.717, 1.165) is 10.6 Å². The number of hydrogen-bond donors (Lipinski definition) is 0. The summed E-state index contributed by atoms with van der Waals surface area (Å²) >= 11 is 5.54. The molecule has 0 fully saturated rings. The molecule has 0 atom stereocenters. The molecule has 0 radical (unpaired) electrons. The average Bonchev–Trinajstić information content (AvgIpc) is 2.66. The summed E-state index contributed by atoms with van der Waals surface area (Å²) in [6, 6.07) is 19.6. The van der Waals surface area contributed by atoms with Crippen LogP contribution in [-0.2, 0) is 9.53 Å². The van der Waals surface area contributed by atoms with E-state index in [0.29, 0.717) is 5.76 Å².